The highest BCUT2D eigenvalue weighted by molar-refractivity contribution is 7.99. The van der Waals surface area contributed by atoms with E-state index in [2.05, 4.69) is 59.1 Å². The molecular formula is C28H27N5OS. The number of hydrogen-bond acceptors (Lipinski definition) is 6. The summed E-state index contributed by atoms with van der Waals surface area (Å²) in [5.74, 6) is 1.01. The minimum Gasteiger partial charge on any atom is -0.347 e. The fourth-order valence-corrected chi connectivity index (χ4v) is 5.43. The van der Waals surface area contributed by atoms with Crippen molar-refractivity contribution in [1.82, 2.24) is 19.7 Å². The number of para-hydroxylation sites is 2. The number of anilines is 1. The third kappa shape index (κ3) is 4.17. The molecule has 0 amide bonds. The van der Waals surface area contributed by atoms with Crippen LogP contribution < -0.4 is 4.90 Å². The molecule has 3 heterocycles. The largest absolute Gasteiger partial charge is 0.347 e. The van der Waals surface area contributed by atoms with E-state index < -0.39 is 0 Å². The van der Waals surface area contributed by atoms with Gasteiger partial charge in [-0.1, -0.05) is 62.0 Å². The SMILES string of the molecule is Cc1ccccc1-n1c(SCC(=O)C=C2N(C)c3ccccc3C2(C)C)nnc1-c1cccnc1. The smallest absolute Gasteiger partial charge is 0.196 e. The maximum absolute atomic E-state index is 13.2. The maximum Gasteiger partial charge on any atom is 0.196 e. The highest BCUT2D eigenvalue weighted by Crippen LogP contribution is 2.46. The predicted octanol–water partition coefficient (Wildman–Crippen LogP) is 5.61. The lowest BCUT2D eigenvalue weighted by molar-refractivity contribution is -0.112. The second-order valence-corrected chi connectivity index (χ2v) is 10.1. The van der Waals surface area contributed by atoms with Gasteiger partial charge in [0.25, 0.3) is 0 Å². The van der Waals surface area contributed by atoms with Crippen molar-refractivity contribution in [3.63, 3.8) is 0 Å². The van der Waals surface area contributed by atoms with Gasteiger partial charge in [0.1, 0.15) is 0 Å². The van der Waals surface area contributed by atoms with Gasteiger partial charge in [0.15, 0.2) is 16.8 Å². The van der Waals surface area contributed by atoms with E-state index in [9.17, 15) is 4.79 Å². The van der Waals surface area contributed by atoms with Gasteiger partial charge in [0.2, 0.25) is 0 Å². The molecule has 0 radical (unpaired) electrons. The van der Waals surface area contributed by atoms with Gasteiger partial charge in [-0.25, -0.2) is 0 Å². The first-order valence-electron chi connectivity index (χ1n) is 11.5. The van der Waals surface area contributed by atoms with Crippen LogP contribution in [0.1, 0.15) is 25.0 Å². The van der Waals surface area contributed by atoms with E-state index in [0.717, 1.165) is 28.2 Å². The normalized spacial score (nSPS) is 15.4. The zero-order valence-corrected chi connectivity index (χ0v) is 21.1. The molecule has 0 spiro atoms. The number of pyridine rings is 1. The van der Waals surface area contributed by atoms with E-state index in [0.29, 0.717) is 11.0 Å². The van der Waals surface area contributed by atoms with Crippen molar-refractivity contribution in [2.45, 2.75) is 31.3 Å². The second kappa shape index (κ2) is 9.15. The second-order valence-electron chi connectivity index (χ2n) is 9.16. The van der Waals surface area contributed by atoms with Gasteiger partial charge in [-0.3, -0.25) is 14.3 Å². The number of rotatable bonds is 6. The molecule has 0 atom stereocenters. The lowest BCUT2D eigenvalue weighted by atomic mass is 9.83. The Balaban J connectivity index is 1.44. The number of likely N-dealkylation sites (N-methyl/N-ethyl adjacent to an activating group) is 1. The number of nitrogens with zero attached hydrogens (tertiary/aromatic N) is 5. The molecule has 35 heavy (non-hydrogen) atoms. The highest BCUT2D eigenvalue weighted by Gasteiger charge is 2.38. The van der Waals surface area contributed by atoms with Gasteiger partial charge in [-0.2, -0.15) is 0 Å². The fraction of sp³-hybridized carbons (Fsp3) is 0.214. The van der Waals surface area contributed by atoms with Crippen LogP contribution in [0.3, 0.4) is 0 Å². The van der Waals surface area contributed by atoms with Crippen molar-refractivity contribution in [3.8, 4) is 17.1 Å². The number of aryl methyl sites for hydroxylation is 1. The van der Waals surface area contributed by atoms with Crippen LogP contribution in [0.25, 0.3) is 17.1 Å². The molecule has 2 aromatic heterocycles. The zero-order chi connectivity index (χ0) is 24.6. The molecule has 176 valence electrons. The number of ketones is 1. The number of thioether (sulfide) groups is 1. The summed E-state index contributed by atoms with van der Waals surface area (Å²) in [6, 6.07) is 20.3. The van der Waals surface area contributed by atoms with Gasteiger partial charge in [-0.15, -0.1) is 10.2 Å². The van der Waals surface area contributed by atoms with E-state index in [1.165, 1.54) is 17.3 Å². The average Bonchev–Trinajstić information content (AvgIpc) is 3.37. The molecule has 7 heteroatoms. The highest BCUT2D eigenvalue weighted by atomic mass is 32.2. The van der Waals surface area contributed by atoms with E-state index in [4.69, 9.17) is 0 Å². The number of benzene rings is 2. The van der Waals surface area contributed by atoms with E-state index in [1.54, 1.807) is 18.5 Å². The molecular weight excluding hydrogens is 454 g/mol. The molecule has 0 saturated heterocycles. The molecule has 0 unspecified atom stereocenters. The third-order valence-corrected chi connectivity index (χ3v) is 7.44. The number of carbonyl (C=O) groups is 1. The van der Waals surface area contributed by atoms with Crippen molar-refractivity contribution in [2.24, 2.45) is 0 Å². The molecule has 0 fully saturated rings. The van der Waals surface area contributed by atoms with Gasteiger partial charge in [0, 0.05) is 47.9 Å². The van der Waals surface area contributed by atoms with Gasteiger partial charge in [0.05, 0.1) is 11.4 Å². The summed E-state index contributed by atoms with van der Waals surface area (Å²) in [5.41, 5.74) is 6.09. The lowest BCUT2D eigenvalue weighted by Crippen LogP contribution is -2.24. The molecule has 0 bridgehead atoms. The first-order valence-corrected chi connectivity index (χ1v) is 12.5. The minimum atomic E-state index is -0.236. The van der Waals surface area contributed by atoms with Gasteiger partial charge < -0.3 is 4.90 Å². The Kier molecular flexibility index (Phi) is 6.03. The summed E-state index contributed by atoms with van der Waals surface area (Å²) in [5, 5.41) is 9.59. The number of aromatic nitrogens is 4. The molecule has 6 nitrogen and oxygen atoms in total. The predicted molar refractivity (Wildman–Crippen MR) is 141 cm³/mol. The van der Waals surface area contributed by atoms with Crippen LogP contribution in [0.2, 0.25) is 0 Å². The van der Waals surface area contributed by atoms with Crippen LogP contribution in [-0.4, -0.2) is 38.3 Å². The number of carbonyl (C=O) groups excluding carboxylic acids is 1. The van der Waals surface area contributed by atoms with Crippen molar-refractivity contribution in [3.05, 3.63) is 96.0 Å². The van der Waals surface area contributed by atoms with Crippen LogP contribution in [0.4, 0.5) is 5.69 Å². The molecule has 0 N–H and O–H groups in total. The first kappa shape index (κ1) is 23.1. The molecule has 1 aliphatic heterocycles. The van der Waals surface area contributed by atoms with Crippen LogP contribution >= 0.6 is 11.8 Å². The Morgan fingerprint density at radius 2 is 1.74 bits per heavy atom. The van der Waals surface area contributed by atoms with Crippen LogP contribution in [-0.2, 0) is 10.2 Å². The summed E-state index contributed by atoms with van der Waals surface area (Å²) in [6.45, 7) is 6.38. The summed E-state index contributed by atoms with van der Waals surface area (Å²) in [4.78, 5) is 19.5. The summed E-state index contributed by atoms with van der Waals surface area (Å²) >= 11 is 1.40. The standard InChI is InChI=1S/C28H27N5OS/c1-19-10-5-7-13-23(19)33-26(20-11-9-15-29-17-20)30-31-27(33)35-18-21(34)16-25-28(2,3)22-12-6-8-14-24(22)32(25)4/h5-17H,18H2,1-4H3. The Morgan fingerprint density at radius 3 is 2.46 bits per heavy atom. The average molecular weight is 482 g/mol. The Bertz CT molecular complexity index is 1420. The lowest BCUT2D eigenvalue weighted by Gasteiger charge is -2.23. The molecule has 2 aromatic carbocycles. The maximum atomic E-state index is 13.2. The Labute approximate surface area is 209 Å². The van der Waals surface area contributed by atoms with Crippen LogP contribution in [0, 0.1) is 6.92 Å². The monoisotopic (exact) mass is 481 g/mol. The molecule has 4 aromatic rings. The van der Waals surface area contributed by atoms with Crippen molar-refractivity contribution in [1.29, 1.82) is 0 Å². The Morgan fingerprint density at radius 1 is 1.00 bits per heavy atom. The summed E-state index contributed by atoms with van der Waals surface area (Å²) in [7, 11) is 2.02. The van der Waals surface area contributed by atoms with Gasteiger partial charge in [-0.05, 0) is 42.3 Å². The van der Waals surface area contributed by atoms with Crippen molar-refractivity contribution < 1.29 is 4.79 Å². The van der Waals surface area contributed by atoms with E-state index >= 15 is 0 Å². The number of fused-ring (bicyclic) bond motifs is 1. The molecule has 1 aliphatic rings. The third-order valence-electron chi connectivity index (χ3n) is 6.49. The fourth-order valence-electron chi connectivity index (χ4n) is 4.67. The number of allylic oxidation sites excluding steroid dienone is 2. The van der Waals surface area contributed by atoms with Crippen LogP contribution in [0.5, 0.6) is 0 Å². The zero-order valence-electron chi connectivity index (χ0n) is 20.3. The van der Waals surface area contributed by atoms with Crippen molar-refractivity contribution in [2.75, 3.05) is 17.7 Å². The van der Waals surface area contributed by atoms with Crippen LogP contribution in [0.15, 0.2) is 90.0 Å². The quantitative estimate of drug-likeness (QED) is 0.263. The van der Waals surface area contributed by atoms with Gasteiger partial charge >= 0.3 is 0 Å². The first-order chi connectivity index (χ1) is 16.9. The van der Waals surface area contributed by atoms with E-state index in [-0.39, 0.29) is 17.0 Å². The van der Waals surface area contributed by atoms with E-state index in [1.807, 2.05) is 54.1 Å². The number of hydrogen-bond donors (Lipinski definition) is 0. The molecule has 0 saturated carbocycles. The Hall–Kier alpha value is -3.71. The molecule has 5 rings (SSSR count). The van der Waals surface area contributed by atoms with Crippen molar-refractivity contribution >= 4 is 23.2 Å². The minimum absolute atomic E-state index is 0.0417. The summed E-state index contributed by atoms with van der Waals surface area (Å²) in [6.07, 6.45) is 5.29. The topological polar surface area (TPSA) is 63.9 Å². The molecule has 0 aliphatic carbocycles. The summed E-state index contributed by atoms with van der Waals surface area (Å²) < 4.78 is 2.01.